The smallest absolute Gasteiger partial charge is 0.162 e. The van der Waals surface area contributed by atoms with Crippen molar-refractivity contribution in [1.29, 1.82) is 0 Å². The summed E-state index contributed by atoms with van der Waals surface area (Å²) in [6.07, 6.45) is 7.92. The lowest BCUT2D eigenvalue weighted by Gasteiger charge is -2.47. The van der Waals surface area contributed by atoms with Crippen LogP contribution in [-0.4, -0.2) is 36.7 Å². The van der Waals surface area contributed by atoms with Gasteiger partial charge in [0.25, 0.3) is 0 Å². The number of hydrogen-bond acceptors (Lipinski definition) is 5. The van der Waals surface area contributed by atoms with Crippen LogP contribution in [0.2, 0.25) is 0 Å². The fourth-order valence-electron chi connectivity index (χ4n) is 5.71. The van der Waals surface area contributed by atoms with E-state index < -0.39 is 5.92 Å². The third-order valence-corrected chi connectivity index (χ3v) is 7.09. The molecule has 0 aromatic heterocycles. The lowest BCUT2D eigenvalue weighted by Crippen LogP contribution is -2.43. The van der Waals surface area contributed by atoms with Gasteiger partial charge in [-0.05, 0) is 48.3 Å². The minimum absolute atomic E-state index is 0.121. The van der Waals surface area contributed by atoms with Crippen LogP contribution in [0.5, 0.6) is 11.5 Å². The van der Waals surface area contributed by atoms with Crippen LogP contribution < -0.4 is 9.47 Å². The molecule has 0 unspecified atom stereocenters. The zero-order chi connectivity index (χ0) is 24.8. The van der Waals surface area contributed by atoms with Crippen LogP contribution in [0, 0.1) is 23.2 Å². The van der Waals surface area contributed by atoms with Crippen molar-refractivity contribution in [2.75, 3.05) is 20.3 Å². The third-order valence-electron chi connectivity index (χ3n) is 7.09. The molecule has 1 aromatic rings. The molecule has 4 rings (SSSR count). The number of hydrogen-bond donors (Lipinski definition) is 0. The fraction of sp³-hybridized carbons (Fsp3) is 0.517. The second-order valence-corrected chi connectivity index (χ2v) is 11.2. The van der Waals surface area contributed by atoms with E-state index in [1.54, 1.807) is 0 Å². The van der Waals surface area contributed by atoms with Crippen molar-refractivity contribution in [2.45, 2.75) is 66.2 Å². The summed E-state index contributed by atoms with van der Waals surface area (Å²) < 4.78 is 11.6. The maximum atomic E-state index is 13.6. The topological polar surface area (TPSA) is 55.8 Å². The van der Waals surface area contributed by atoms with Crippen LogP contribution in [0.25, 0.3) is 0 Å². The van der Waals surface area contributed by atoms with Gasteiger partial charge in [0.1, 0.15) is 6.61 Å². The highest BCUT2D eigenvalue weighted by atomic mass is 16.5. The number of carbonyl (C=O) groups excluding carboxylic acids is 2. The Morgan fingerprint density at radius 3 is 2.00 bits per heavy atom. The predicted octanol–water partition coefficient (Wildman–Crippen LogP) is 5.41. The number of nitrogens with zero attached hydrogens (tertiary/aromatic N) is 1. The van der Waals surface area contributed by atoms with Crippen LogP contribution in [-0.2, 0) is 9.59 Å². The number of rotatable bonds is 5. The van der Waals surface area contributed by atoms with Crippen LogP contribution in [0.15, 0.2) is 40.7 Å². The second kappa shape index (κ2) is 8.65. The molecule has 1 heterocycles. The zero-order valence-electron chi connectivity index (χ0n) is 21.2. The maximum absolute atomic E-state index is 13.6. The first-order chi connectivity index (χ1) is 16.0. The van der Waals surface area contributed by atoms with Gasteiger partial charge in [0.15, 0.2) is 23.1 Å². The molecule has 2 aliphatic carbocycles. The predicted molar refractivity (Wildman–Crippen MR) is 133 cm³/mol. The van der Waals surface area contributed by atoms with Crippen LogP contribution in [0.4, 0.5) is 0 Å². The van der Waals surface area contributed by atoms with E-state index in [9.17, 15) is 9.59 Å². The quantitative estimate of drug-likeness (QED) is 0.549. The van der Waals surface area contributed by atoms with Gasteiger partial charge >= 0.3 is 0 Å². The van der Waals surface area contributed by atoms with Gasteiger partial charge in [-0.2, -0.15) is 0 Å². The van der Waals surface area contributed by atoms with Gasteiger partial charge in [-0.15, -0.1) is 6.42 Å². The Morgan fingerprint density at radius 1 is 0.941 bits per heavy atom. The van der Waals surface area contributed by atoms with E-state index in [1.165, 1.54) is 0 Å². The molecule has 0 atom stereocenters. The van der Waals surface area contributed by atoms with Crippen molar-refractivity contribution in [2.24, 2.45) is 10.8 Å². The summed E-state index contributed by atoms with van der Waals surface area (Å²) in [7, 11) is 2.02. The molecule has 34 heavy (non-hydrogen) atoms. The van der Waals surface area contributed by atoms with E-state index in [0.29, 0.717) is 30.9 Å². The normalized spacial score (nSPS) is 21.7. The van der Waals surface area contributed by atoms with Crippen molar-refractivity contribution in [3.8, 4) is 23.8 Å². The van der Waals surface area contributed by atoms with Gasteiger partial charge in [0.05, 0.1) is 6.61 Å². The largest absolute Gasteiger partial charge is 0.490 e. The maximum Gasteiger partial charge on any atom is 0.162 e. The van der Waals surface area contributed by atoms with Gasteiger partial charge in [0.2, 0.25) is 0 Å². The molecular weight excluding hydrogens is 426 g/mol. The van der Waals surface area contributed by atoms with Crippen molar-refractivity contribution in [1.82, 2.24) is 4.90 Å². The fourth-order valence-corrected chi connectivity index (χ4v) is 5.71. The van der Waals surface area contributed by atoms with E-state index in [1.807, 2.05) is 32.2 Å². The first-order valence-corrected chi connectivity index (χ1v) is 12.1. The van der Waals surface area contributed by atoms with Crippen molar-refractivity contribution in [3.05, 3.63) is 46.3 Å². The highest BCUT2D eigenvalue weighted by molar-refractivity contribution is 6.06. The molecule has 0 saturated heterocycles. The van der Waals surface area contributed by atoms with Crippen molar-refractivity contribution >= 4 is 11.6 Å². The molecule has 0 radical (unpaired) electrons. The summed E-state index contributed by atoms with van der Waals surface area (Å²) in [6, 6.07) is 5.70. The molecular formula is C29H35NO4. The van der Waals surface area contributed by atoms with Gasteiger partial charge in [-0.3, -0.25) is 9.59 Å². The number of Topliss-reactive ketones (excluding diaryl/α,β-unsaturated/α-hetero) is 2. The molecule has 0 fully saturated rings. The SMILES string of the molecule is C#CCOc1ccc(C2C3=C(CC(C)(C)CC3=O)N(C)C3=C2C(=O)CC(C)(C)C3)cc1OCC. The number of terminal acetylenes is 1. The van der Waals surface area contributed by atoms with Gasteiger partial charge in [0, 0.05) is 48.3 Å². The number of ether oxygens (including phenoxy) is 2. The summed E-state index contributed by atoms with van der Waals surface area (Å²) in [5.74, 6) is 3.47. The van der Waals surface area contributed by atoms with E-state index in [4.69, 9.17) is 15.9 Å². The molecule has 0 saturated carbocycles. The Balaban J connectivity index is 1.92. The molecule has 3 aliphatic rings. The van der Waals surface area contributed by atoms with E-state index >= 15 is 0 Å². The summed E-state index contributed by atoms with van der Waals surface area (Å²) in [5.41, 5.74) is 4.24. The molecule has 0 bridgehead atoms. The van der Waals surface area contributed by atoms with E-state index in [2.05, 4.69) is 38.5 Å². The average Bonchev–Trinajstić information content (AvgIpc) is 2.73. The van der Waals surface area contributed by atoms with Gasteiger partial charge < -0.3 is 14.4 Å². The summed E-state index contributed by atoms with van der Waals surface area (Å²) in [4.78, 5) is 29.4. The van der Waals surface area contributed by atoms with Gasteiger partial charge in [-0.1, -0.05) is 39.7 Å². The molecule has 5 nitrogen and oxygen atoms in total. The summed E-state index contributed by atoms with van der Waals surface area (Å²) in [5, 5.41) is 0. The Bertz CT molecular complexity index is 1090. The van der Waals surface area contributed by atoms with Crippen LogP contribution >= 0.6 is 0 Å². The Labute approximate surface area is 203 Å². The van der Waals surface area contributed by atoms with Crippen molar-refractivity contribution < 1.29 is 19.1 Å². The lowest BCUT2D eigenvalue weighted by molar-refractivity contribution is -0.119. The van der Waals surface area contributed by atoms with Crippen LogP contribution in [0.3, 0.4) is 0 Å². The molecule has 0 amide bonds. The number of ketones is 2. The highest BCUT2D eigenvalue weighted by Crippen LogP contribution is 2.54. The lowest BCUT2D eigenvalue weighted by atomic mass is 9.64. The standard InChI is InChI=1S/C29H35NO4/c1-8-12-34-23-11-10-18(13-24(23)33-9-2)25-26-19(14-28(3,4)16-21(26)31)30(7)20-15-29(5,6)17-22(32)27(20)25/h1,10-11,13,25H,9,12,14-17H2,2-7H3. The molecule has 5 heteroatoms. The first kappa shape index (κ1) is 24.1. The number of allylic oxidation sites excluding steroid dienone is 4. The number of benzene rings is 1. The minimum Gasteiger partial charge on any atom is -0.490 e. The van der Waals surface area contributed by atoms with E-state index in [0.717, 1.165) is 40.9 Å². The van der Waals surface area contributed by atoms with Crippen LogP contribution in [0.1, 0.15) is 71.8 Å². The number of carbonyl (C=O) groups is 2. The average molecular weight is 462 g/mol. The highest BCUT2D eigenvalue weighted by Gasteiger charge is 2.48. The van der Waals surface area contributed by atoms with E-state index in [-0.39, 0.29) is 29.0 Å². The zero-order valence-corrected chi connectivity index (χ0v) is 21.2. The third kappa shape index (κ3) is 4.27. The van der Waals surface area contributed by atoms with Gasteiger partial charge in [-0.25, -0.2) is 0 Å². The van der Waals surface area contributed by atoms with Crippen molar-refractivity contribution in [3.63, 3.8) is 0 Å². The summed E-state index contributed by atoms with van der Waals surface area (Å²) in [6.45, 7) is 11.1. The first-order valence-electron chi connectivity index (χ1n) is 12.1. The molecule has 1 aromatic carbocycles. The molecule has 0 N–H and O–H groups in total. The minimum atomic E-state index is -0.394. The molecule has 0 spiro atoms. The Hall–Kier alpha value is -3.00. The second-order valence-electron chi connectivity index (χ2n) is 11.2. The summed E-state index contributed by atoms with van der Waals surface area (Å²) >= 11 is 0. The molecule has 180 valence electrons. The Morgan fingerprint density at radius 2 is 1.50 bits per heavy atom. The Kier molecular flexibility index (Phi) is 6.14. The molecule has 1 aliphatic heterocycles. The monoisotopic (exact) mass is 461 g/mol.